The normalized spacial score (nSPS) is 14.7. The Balaban J connectivity index is 0.000000207. The molecule has 1 aliphatic carbocycles. The number of rotatable bonds is 3. The van der Waals surface area contributed by atoms with Gasteiger partial charge in [-0.3, -0.25) is 9.59 Å². The zero-order chi connectivity index (χ0) is 31.9. The van der Waals surface area contributed by atoms with Crippen LogP contribution in [0.3, 0.4) is 0 Å². The van der Waals surface area contributed by atoms with Gasteiger partial charge in [-0.2, -0.15) is 31.4 Å². The van der Waals surface area contributed by atoms with E-state index in [4.69, 9.17) is 0 Å². The van der Waals surface area contributed by atoms with Crippen LogP contribution >= 0.6 is 12.3 Å². The standard InChI is InChI=1S/C14H9F4N3O.C6H5F4N3OS.C6H12/c1-21-6-7-2-10(11(15)3-9(7)13(21)22)12-19-4-8(5-20-12)14(16,17)18;1-11-3-2-12-13(15-10)5(14)4(3)6(7,8)9;1-2-4-6-5-3-1/h2-5H,6H2,1H3;2,11H,1H3;1-6H2. The Labute approximate surface area is 244 Å². The third-order valence-corrected chi connectivity index (χ3v) is 6.86. The average molecular weight is 639 g/mol. The van der Waals surface area contributed by atoms with E-state index in [0.717, 1.165) is 12.3 Å². The first-order chi connectivity index (χ1) is 20.2. The molecule has 1 aromatic carbocycles. The van der Waals surface area contributed by atoms with Gasteiger partial charge in [0.25, 0.3) is 11.5 Å². The van der Waals surface area contributed by atoms with Crippen LogP contribution in [0.1, 0.15) is 65.6 Å². The van der Waals surface area contributed by atoms with Gasteiger partial charge in [-0.15, -0.1) is 7.97 Å². The SMILES string of the molecule is C1CCCCC1.CN1Cc2cc(-c3ncc(C(F)(F)F)cn3)c(F)cc2C1=O.CNc1cnn(SF)c(=O)c1C(F)(F)F. The van der Waals surface area contributed by atoms with Crippen molar-refractivity contribution in [3.63, 3.8) is 0 Å². The summed E-state index contributed by atoms with van der Waals surface area (Å²) < 4.78 is 101. The number of benzene rings is 1. The number of hydrogen-bond donors (Lipinski definition) is 1. The van der Waals surface area contributed by atoms with Crippen molar-refractivity contribution in [2.45, 2.75) is 57.4 Å². The van der Waals surface area contributed by atoms with Crippen LogP contribution in [-0.4, -0.2) is 44.1 Å². The number of nitrogens with zero attached hydrogens (tertiary/aromatic N) is 5. The van der Waals surface area contributed by atoms with Crippen molar-refractivity contribution in [3.05, 3.63) is 69.1 Å². The molecule has 3 heterocycles. The zero-order valence-electron chi connectivity index (χ0n) is 22.8. The molecule has 1 fully saturated rings. The molecule has 8 nitrogen and oxygen atoms in total. The number of nitrogens with one attached hydrogen (secondary N) is 1. The molecule has 43 heavy (non-hydrogen) atoms. The Hall–Kier alpha value is -3.76. The van der Waals surface area contributed by atoms with E-state index in [1.165, 1.54) is 56.5 Å². The molecule has 17 heteroatoms. The highest BCUT2D eigenvalue weighted by Gasteiger charge is 2.38. The molecule has 0 spiro atoms. The third-order valence-electron chi connectivity index (χ3n) is 6.46. The molecule has 1 amide bonds. The van der Waals surface area contributed by atoms with Gasteiger partial charge in [0.15, 0.2) is 18.2 Å². The molecule has 0 unspecified atom stereocenters. The molecular weight excluding hydrogens is 612 g/mol. The summed E-state index contributed by atoms with van der Waals surface area (Å²) in [7, 11) is 2.78. The summed E-state index contributed by atoms with van der Waals surface area (Å²) >= 11 is -0.690. The molecule has 0 atom stereocenters. The molecule has 0 radical (unpaired) electrons. The summed E-state index contributed by atoms with van der Waals surface area (Å²) in [6.45, 7) is 0.308. The molecule has 2 aromatic heterocycles. The van der Waals surface area contributed by atoms with Crippen molar-refractivity contribution >= 4 is 23.9 Å². The van der Waals surface area contributed by atoms with Crippen molar-refractivity contribution in [1.29, 1.82) is 0 Å². The first-order valence-electron chi connectivity index (χ1n) is 12.8. The van der Waals surface area contributed by atoms with Crippen LogP contribution in [0.25, 0.3) is 11.4 Å². The molecule has 3 aromatic rings. The predicted octanol–water partition coefficient (Wildman–Crippen LogP) is 6.91. The lowest BCUT2D eigenvalue weighted by Crippen LogP contribution is -2.28. The Morgan fingerprint density at radius 2 is 1.42 bits per heavy atom. The van der Waals surface area contributed by atoms with Crippen molar-refractivity contribution < 1.29 is 39.4 Å². The van der Waals surface area contributed by atoms with Gasteiger partial charge in [-0.05, 0) is 17.7 Å². The van der Waals surface area contributed by atoms with E-state index in [1.54, 1.807) is 7.05 Å². The van der Waals surface area contributed by atoms with E-state index in [9.17, 15) is 44.2 Å². The van der Waals surface area contributed by atoms with Gasteiger partial charge >= 0.3 is 12.4 Å². The van der Waals surface area contributed by atoms with Crippen LogP contribution in [0.2, 0.25) is 0 Å². The predicted molar refractivity (Wildman–Crippen MR) is 143 cm³/mol. The number of carbonyl (C=O) groups excluding carboxylic acids is 1. The van der Waals surface area contributed by atoms with E-state index < -0.39 is 52.9 Å². The molecule has 0 bridgehead atoms. The Morgan fingerprint density at radius 1 is 0.860 bits per heavy atom. The molecule has 2 aliphatic rings. The molecule has 234 valence electrons. The molecule has 5 rings (SSSR count). The monoisotopic (exact) mass is 638 g/mol. The second kappa shape index (κ2) is 14.1. The van der Waals surface area contributed by atoms with Crippen LogP contribution in [0.15, 0.2) is 35.5 Å². The highest BCUT2D eigenvalue weighted by atomic mass is 32.2. The average Bonchev–Trinajstić information content (AvgIpc) is 3.24. The smallest absolute Gasteiger partial charge is 0.386 e. The number of alkyl halides is 6. The van der Waals surface area contributed by atoms with E-state index in [0.29, 0.717) is 24.5 Å². The van der Waals surface area contributed by atoms with E-state index in [1.807, 2.05) is 0 Å². The van der Waals surface area contributed by atoms with Gasteiger partial charge in [0.2, 0.25) is 0 Å². The maximum atomic E-state index is 14.1. The van der Waals surface area contributed by atoms with Crippen LogP contribution < -0.4 is 10.9 Å². The van der Waals surface area contributed by atoms with Crippen molar-refractivity contribution in [3.8, 4) is 11.4 Å². The number of fused-ring (bicyclic) bond motifs is 1. The minimum atomic E-state index is -4.85. The maximum absolute atomic E-state index is 14.1. The van der Waals surface area contributed by atoms with Crippen LogP contribution in [0.5, 0.6) is 0 Å². The summed E-state index contributed by atoms with van der Waals surface area (Å²) in [5.41, 5.74) is -3.70. The summed E-state index contributed by atoms with van der Waals surface area (Å²) in [6.07, 6.45) is 1.54. The summed E-state index contributed by atoms with van der Waals surface area (Å²) in [6, 6.07) is 2.46. The lowest BCUT2D eigenvalue weighted by Gasteiger charge is -2.11. The minimum absolute atomic E-state index is 0.0175. The maximum Gasteiger partial charge on any atom is 0.423 e. The van der Waals surface area contributed by atoms with Crippen LogP contribution in [-0.2, 0) is 18.9 Å². The molecule has 1 saturated carbocycles. The molecular formula is C26H26F8N6O2S. The Kier molecular flexibility index (Phi) is 11.1. The topological polar surface area (TPSA) is 93.0 Å². The fourth-order valence-corrected chi connectivity index (χ4v) is 4.51. The first kappa shape index (κ1) is 33.7. The number of halogens is 8. The quantitative estimate of drug-likeness (QED) is 0.312. The van der Waals surface area contributed by atoms with Gasteiger partial charge in [0.1, 0.15) is 11.4 Å². The van der Waals surface area contributed by atoms with Gasteiger partial charge in [0, 0.05) is 38.6 Å². The van der Waals surface area contributed by atoms with Gasteiger partial charge in [0.05, 0.1) is 23.0 Å². The highest BCUT2D eigenvalue weighted by Crippen LogP contribution is 2.33. The number of amides is 1. The van der Waals surface area contributed by atoms with E-state index in [2.05, 4.69) is 20.4 Å². The fraction of sp³-hybridized carbons (Fsp3) is 0.423. The van der Waals surface area contributed by atoms with Gasteiger partial charge < -0.3 is 10.2 Å². The summed E-state index contributed by atoms with van der Waals surface area (Å²) in [4.78, 5) is 31.4. The fourth-order valence-electron chi connectivity index (χ4n) is 4.28. The van der Waals surface area contributed by atoms with Gasteiger partial charge in [-0.25, -0.2) is 14.4 Å². The lowest BCUT2D eigenvalue weighted by atomic mass is 10.0. The van der Waals surface area contributed by atoms with Crippen LogP contribution in [0, 0.1) is 5.82 Å². The Morgan fingerprint density at radius 3 is 1.88 bits per heavy atom. The number of aromatic nitrogens is 4. The second-order valence-corrected chi connectivity index (χ2v) is 9.98. The third kappa shape index (κ3) is 8.42. The largest absolute Gasteiger partial charge is 0.423 e. The first-order valence-corrected chi connectivity index (χ1v) is 13.5. The second-order valence-electron chi connectivity index (χ2n) is 9.49. The summed E-state index contributed by atoms with van der Waals surface area (Å²) in [5.74, 6) is -1.20. The zero-order valence-corrected chi connectivity index (χ0v) is 23.6. The van der Waals surface area contributed by atoms with Crippen LogP contribution in [0.4, 0.5) is 40.3 Å². The van der Waals surface area contributed by atoms with Crippen molar-refractivity contribution in [2.24, 2.45) is 0 Å². The van der Waals surface area contributed by atoms with Gasteiger partial charge in [-0.1, -0.05) is 38.5 Å². The summed E-state index contributed by atoms with van der Waals surface area (Å²) in [5, 5.41) is 5.34. The lowest BCUT2D eigenvalue weighted by molar-refractivity contribution is -0.139. The molecule has 1 aliphatic heterocycles. The highest BCUT2D eigenvalue weighted by molar-refractivity contribution is 7.92. The van der Waals surface area contributed by atoms with E-state index >= 15 is 0 Å². The number of carbonyl (C=O) groups is 1. The minimum Gasteiger partial charge on any atom is -0.386 e. The van der Waals surface area contributed by atoms with E-state index in [-0.39, 0.29) is 26.9 Å². The Bertz CT molecular complexity index is 1460. The van der Waals surface area contributed by atoms with Crippen molar-refractivity contribution in [1.82, 2.24) is 24.1 Å². The molecule has 0 saturated heterocycles. The number of anilines is 1. The van der Waals surface area contributed by atoms with Crippen molar-refractivity contribution in [2.75, 3.05) is 19.4 Å². The molecule has 1 N–H and O–H groups in total. The number of hydrogen-bond acceptors (Lipinski definition) is 7.